The topological polar surface area (TPSA) is 57.2 Å². The second-order valence-electron chi connectivity index (χ2n) is 3.34. The first-order valence-electron chi connectivity index (χ1n) is 4.78. The minimum absolute atomic E-state index is 0.0991. The Labute approximate surface area is 89.6 Å². The summed E-state index contributed by atoms with van der Waals surface area (Å²) in [6.45, 7) is 0.325. The third kappa shape index (κ3) is 2.69. The maximum absolute atomic E-state index is 9.11. The van der Waals surface area contributed by atoms with Crippen molar-refractivity contribution in [1.82, 2.24) is 0 Å². The van der Waals surface area contributed by atoms with Crippen molar-refractivity contribution >= 4 is 0 Å². The van der Waals surface area contributed by atoms with E-state index in [0.717, 1.165) is 0 Å². The molecule has 15 heavy (non-hydrogen) atoms. The molecule has 3 atom stereocenters. The summed E-state index contributed by atoms with van der Waals surface area (Å²) in [5, 5.41) is 9.11. The predicted molar refractivity (Wildman–Crippen MR) is 53.5 cm³/mol. The number of hydrogen-bond acceptors (Lipinski definition) is 5. The molecule has 1 aliphatic rings. The van der Waals surface area contributed by atoms with Crippen molar-refractivity contribution in [2.45, 2.75) is 18.3 Å². The Morgan fingerprint density at radius 3 is 2.53 bits per heavy atom. The van der Waals surface area contributed by atoms with Gasteiger partial charge in [-0.1, -0.05) is 0 Å². The van der Waals surface area contributed by atoms with E-state index in [1.165, 1.54) is 6.26 Å². The zero-order valence-corrected chi connectivity index (χ0v) is 9.30. The predicted octanol–water partition coefficient (Wildman–Crippen LogP) is -0.0622. The standard InChI is InChI=1S/C10H18O5/c1-12-6-8-10(14-3)9(13-2)7(4-11)5-15-8/h5,8-11H,4,6H2,1-3H3/t8-,9-,10-/m1/s1. The van der Waals surface area contributed by atoms with E-state index in [4.69, 9.17) is 24.1 Å². The molecule has 0 unspecified atom stereocenters. The van der Waals surface area contributed by atoms with Gasteiger partial charge < -0.3 is 24.1 Å². The normalized spacial score (nSPS) is 30.9. The number of rotatable bonds is 5. The maximum Gasteiger partial charge on any atom is 0.150 e. The van der Waals surface area contributed by atoms with Crippen LogP contribution in [-0.2, 0) is 18.9 Å². The van der Waals surface area contributed by atoms with Crippen molar-refractivity contribution in [1.29, 1.82) is 0 Å². The molecular weight excluding hydrogens is 200 g/mol. The van der Waals surface area contributed by atoms with Crippen LogP contribution in [0.5, 0.6) is 0 Å². The lowest BCUT2D eigenvalue weighted by molar-refractivity contribution is -0.121. The van der Waals surface area contributed by atoms with Gasteiger partial charge in [-0.2, -0.15) is 0 Å². The molecule has 0 saturated heterocycles. The van der Waals surface area contributed by atoms with Crippen molar-refractivity contribution in [3.05, 3.63) is 11.8 Å². The SMILES string of the molecule is COC[C@H]1OC=C(CO)[C@@H](OC)[C@@H]1OC. The van der Waals surface area contributed by atoms with E-state index in [1.54, 1.807) is 21.3 Å². The van der Waals surface area contributed by atoms with E-state index in [0.29, 0.717) is 12.2 Å². The molecule has 0 saturated carbocycles. The van der Waals surface area contributed by atoms with Crippen LogP contribution in [0.2, 0.25) is 0 Å². The van der Waals surface area contributed by atoms with Crippen LogP contribution in [0, 0.1) is 0 Å². The van der Waals surface area contributed by atoms with Gasteiger partial charge >= 0.3 is 0 Å². The van der Waals surface area contributed by atoms with Gasteiger partial charge in [0.25, 0.3) is 0 Å². The molecule has 0 bridgehead atoms. The molecule has 0 radical (unpaired) electrons. The van der Waals surface area contributed by atoms with Gasteiger partial charge in [0.1, 0.15) is 18.3 Å². The first-order chi connectivity index (χ1) is 7.28. The van der Waals surface area contributed by atoms with E-state index in [2.05, 4.69) is 0 Å². The minimum Gasteiger partial charge on any atom is -0.493 e. The molecule has 0 aliphatic carbocycles. The second kappa shape index (κ2) is 6.07. The van der Waals surface area contributed by atoms with Crippen LogP contribution in [0.1, 0.15) is 0 Å². The van der Waals surface area contributed by atoms with Crippen LogP contribution >= 0.6 is 0 Å². The van der Waals surface area contributed by atoms with Gasteiger partial charge in [-0.15, -0.1) is 0 Å². The number of aliphatic hydroxyl groups is 1. The van der Waals surface area contributed by atoms with Gasteiger partial charge in [0.2, 0.25) is 0 Å². The highest BCUT2D eigenvalue weighted by Crippen LogP contribution is 2.23. The van der Waals surface area contributed by atoms with Crippen LogP contribution in [0.25, 0.3) is 0 Å². The molecule has 1 heterocycles. The highest BCUT2D eigenvalue weighted by Gasteiger charge is 2.36. The Balaban J connectivity index is 2.77. The minimum atomic E-state index is -0.283. The molecule has 88 valence electrons. The van der Waals surface area contributed by atoms with Crippen molar-refractivity contribution in [3.8, 4) is 0 Å². The quantitative estimate of drug-likeness (QED) is 0.700. The van der Waals surface area contributed by atoms with Crippen LogP contribution < -0.4 is 0 Å². The van der Waals surface area contributed by atoms with Crippen LogP contribution in [0.3, 0.4) is 0 Å². The first kappa shape index (κ1) is 12.4. The Morgan fingerprint density at radius 1 is 1.33 bits per heavy atom. The average molecular weight is 218 g/mol. The first-order valence-corrected chi connectivity index (χ1v) is 4.78. The number of methoxy groups -OCH3 is 3. The molecule has 0 aromatic carbocycles. The summed E-state index contributed by atoms with van der Waals surface area (Å²) in [6.07, 6.45) is 0.768. The Kier molecular flexibility index (Phi) is 5.04. The van der Waals surface area contributed by atoms with Crippen molar-refractivity contribution in [2.75, 3.05) is 34.5 Å². The summed E-state index contributed by atoms with van der Waals surface area (Å²) >= 11 is 0. The summed E-state index contributed by atoms with van der Waals surface area (Å²) < 4.78 is 21.0. The lowest BCUT2D eigenvalue weighted by Crippen LogP contribution is -2.47. The van der Waals surface area contributed by atoms with Gasteiger partial charge in [-0.05, 0) is 0 Å². The summed E-state index contributed by atoms with van der Waals surface area (Å²) in [4.78, 5) is 0. The third-order valence-corrected chi connectivity index (χ3v) is 2.46. The number of ether oxygens (including phenoxy) is 4. The summed E-state index contributed by atoms with van der Waals surface area (Å²) in [5.41, 5.74) is 0.678. The van der Waals surface area contributed by atoms with Gasteiger partial charge in [-0.3, -0.25) is 0 Å². The van der Waals surface area contributed by atoms with Gasteiger partial charge in [0, 0.05) is 26.9 Å². The van der Waals surface area contributed by atoms with E-state index < -0.39 is 0 Å². The number of aliphatic hydroxyl groups excluding tert-OH is 1. The van der Waals surface area contributed by atoms with E-state index in [-0.39, 0.29) is 24.9 Å². The number of hydrogen-bond donors (Lipinski definition) is 1. The molecule has 0 fully saturated rings. The van der Waals surface area contributed by atoms with E-state index in [9.17, 15) is 0 Å². The lowest BCUT2D eigenvalue weighted by atomic mass is 9.99. The lowest BCUT2D eigenvalue weighted by Gasteiger charge is -2.35. The fraction of sp³-hybridized carbons (Fsp3) is 0.800. The summed E-state index contributed by atoms with van der Waals surface area (Å²) in [5.74, 6) is 0. The Bertz CT molecular complexity index is 216. The van der Waals surface area contributed by atoms with Gasteiger partial charge in [-0.25, -0.2) is 0 Å². The highest BCUT2D eigenvalue weighted by atomic mass is 16.6. The van der Waals surface area contributed by atoms with Crippen molar-refractivity contribution < 1.29 is 24.1 Å². The zero-order chi connectivity index (χ0) is 11.3. The molecule has 0 aromatic rings. The second-order valence-corrected chi connectivity index (χ2v) is 3.34. The molecule has 1 N–H and O–H groups in total. The molecule has 0 amide bonds. The monoisotopic (exact) mass is 218 g/mol. The van der Waals surface area contributed by atoms with Crippen molar-refractivity contribution in [3.63, 3.8) is 0 Å². The molecule has 5 heteroatoms. The van der Waals surface area contributed by atoms with Crippen LogP contribution in [0.4, 0.5) is 0 Å². The molecular formula is C10H18O5. The summed E-state index contributed by atoms with van der Waals surface area (Å²) in [6, 6.07) is 0. The smallest absolute Gasteiger partial charge is 0.150 e. The Hall–Kier alpha value is -0.620. The van der Waals surface area contributed by atoms with E-state index in [1.807, 2.05) is 0 Å². The molecule has 0 spiro atoms. The molecule has 0 aromatic heterocycles. The average Bonchev–Trinajstić information content (AvgIpc) is 2.28. The largest absolute Gasteiger partial charge is 0.493 e. The fourth-order valence-electron chi connectivity index (χ4n) is 1.71. The highest BCUT2D eigenvalue weighted by molar-refractivity contribution is 5.13. The molecule has 1 rings (SSSR count). The third-order valence-electron chi connectivity index (χ3n) is 2.46. The maximum atomic E-state index is 9.11. The van der Waals surface area contributed by atoms with Gasteiger partial charge in [0.05, 0.1) is 19.5 Å². The van der Waals surface area contributed by atoms with E-state index >= 15 is 0 Å². The molecule has 5 nitrogen and oxygen atoms in total. The zero-order valence-electron chi connectivity index (χ0n) is 9.30. The van der Waals surface area contributed by atoms with Crippen LogP contribution in [0.15, 0.2) is 11.8 Å². The van der Waals surface area contributed by atoms with Crippen LogP contribution in [-0.4, -0.2) is 58.0 Å². The van der Waals surface area contributed by atoms with Gasteiger partial charge in [0.15, 0.2) is 0 Å². The Morgan fingerprint density at radius 2 is 2.07 bits per heavy atom. The van der Waals surface area contributed by atoms with Crippen molar-refractivity contribution in [2.24, 2.45) is 0 Å². The summed E-state index contributed by atoms with van der Waals surface area (Å²) in [7, 11) is 4.77. The fourth-order valence-corrected chi connectivity index (χ4v) is 1.71. The molecule has 1 aliphatic heterocycles.